The van der Waals surface area contributed by atoms with E-state index in [4.69, 9.17) is 17.3 Å². The molecule has 8 nitrogen and oxygen atoms in total. The minimum atomic E-state index is -0.438. The summed E-state index contributed by atoms with van der Waals surface area (Å²) in [6.07, 6.45) is 1.84. The van der Waals surface area contributed by atoms with E-state index >= 15 is 0 Å². The van der Waals surface area contributed by atoms with Gasteiger partial charge in [-0.25, -0.2) is 14.8 Å². The lowest BCUT2D eigenvalue weighted by Gasteiger charge is -2.33. The average Bonchev–Trinajstić information content (AvgIpc) is 2.76. The van der Waals surface area contributed by atoms with Crippen LogP contribution in [-0.2, 0) is 13.1 Å². The summed E-state index contributed by atoms with van der Waals surface area (Å²) in [4.78, 5) is 37.4. The van der Waals surface area contributed by atoms with E-state index in [9.17, 15) is 9.59 Å². The van der Waals surface area contributed by atoms with Crippen molar-refractivity contribution in [2.45, 2.75) is 45.8 Å². The second-order valence-corrected chi connectivity index (χ2v) is 8.39. The first-order valence-electron chi connectivity index (χ1n) is 10.5. The van der Waals surface area contributed by atoms with Gasteiger partial charge in [-0.1, -0.05) is 17.5 Å². The predicted octanol–water partition coefficient (Wildman–Crippen LogP) is 1.91. The first-order chi connectivity index (χ1) is 15.4. The third-order valence-corrected chi connectivity index (χ3v) is 5.88. The first kappa shape index (κ1) is 22.1. The van der Waals surface area contributed by atoms with Crippen molar-refractivity contribution in [1.29, 1.82) is 0 Å². The number of nitrogens with two attached hydrogens (primary N) is 1. The third-order valence-electron chi connectivity index (χ3n) is 5.65. The molecule has 9 heteroatoms. The van der Waals surface area contributed by atoms with Gasteiger partial charge in [-0.3, -0.25) is 13.9 Å². The number of fused-ring (bicyclic) bond motifs is 1. The molecule has 1 aromatic carbocycles. The van der Waals surface area contributed by atoms with Gasteiger partial charge in [0.1, 0.15) is 11.6 Å². The van der Waals surface area contributed by atoms with Crippen LogP contribution < -0.4 is 21.9 Å². The summed E-state index contributed by atoms with van der Waals surface area (Å²) in [5.74, 6) is 6.71. The molecule has 3 heterocycles. The summed E-state index contributed by atoms with van der Waals surface area (Å²) in [5.41, 5.74) is 6.73. The molecule has 0 radical (unpaired) electrons. The summed E-state index contributed by atoms with van der Waals surface area (Å²) in [7, 11) is 0. The maximum atomic E-state index is 13.4. The fraction of sp³-hybridized carbons (Fsp3) is 0.391. The van der Waals surface area contributed by atoms with Crippen LogP contribution in [0.3, 0.4) is 0 Å². The van der Waals surface area contributed by atoms with Gasteiger partial charge < -0.3 is 10.6 Å². The zero-order valence-electron chi connectivity index (χ0n) is 18.1. The van der Waals surface area contributed by atoms with Crippen molar-refractivity contribution in [2.75, 3.05) is 18.0 Å². The Labute approximate surface area is 190 Å². The van der Waals surface area contributed by atoms with Crippen molar-refractivity contribution in [3.8, 4) is 11.8 Å². The molecule has 0 amide bonds. The summed E-state index contributed by atoms with van der Waals surface area (Å²) in [6.45, 7) is 5.06. The van der Waals surface area contributed by atoms with E-state index in [-0.39, 0.29) is 19.1 Å². The SMILES string of the molecule is CC#CCn1c(N2CCCC(N)C2)cc(=O)n(Cc2nc(C)c3cc(Cl)ccc3n2)c1=O. The smallest absolute Gasteiger partial charge is 0.333 e. The van der Waals surface area contributed by atoms with Crippen molar-refractivity contribution < 1.29 is 0 Å². The number of halogens is 1. The molecule has 1 saturated heterocycles. The normalized spacial score (nSPS) is 16.1. The number of aromatic nitrogens is 4. The van der Waals surface area contributed by atoms with Crippen molar-refractivity contribution in [3.63, 3.8) is 0 Å². The summed E-state index contributed by atoms with van der Waals surface area (Å²) < 4.78 is 2.69. The molecule has 2 aromatic heterocycles. The minimum Gasteiger partial charge on any atom is -0.356 e. The fourth-order valence-electron chi connectivity index (χ4n) is 4.06. The second-order valence-electron chi connectivity index (χ2n) is 7.96. The van der Waals surface area contributed by atoms with E-state index in [0.717, 1.165) is 35.0 Å². The monoisotopic (exact) mass is 452 g/mol. The van der Waals surface area contributed by atoms with Crippen LogP contribution in [0.1, 0.15) is 31.3 Å². The highest BCUT2D eigenvalue weighted by Gasteiger charge is 2.22. The zero-order chi connectivity index (χ0) is 22.8. The maximum Gasteiger partial charge on any atom is 0.333 e. The molecule has 0 saturated carbocycles. The number of aryl methyl sites for hydroxylation is 1. The number of nitrogens with zero attached hydrogens (tertiary/aromatic N) is 5. The number of rotatable bonds is 4. The molecule has 0 aliphatic carbocycles. The van der Waals surface area contributed by atoms with Gasteiger partial charge in [0.25, 0.3) is 5.56 Å². The Kier molecular flexibility index (Phi) is 6.31. The molecule has 4 rings (SSSR count). The van der Waals surface area contributed by atoms with Gasteiger partial charge in [-0.15, -0.1) is 5.92 Å². The van der Waals surface area contributed by atoms with Crippen LogP contribution in [-0.4, -0.2) is 38.2 Å². The van der Waals surface area contributed by atoms with Crippen LogP contribution in [0.2, 0.25) is 5.02 Å². The fourth-order valence-corrected chi connectivity index (χ4v) is 4.23. The first-order valence-corrected chi connectivity index (χ1v) is 10.9. The topological polar surface area (TPSA) is 99.0 Å². The zero-order valence-corrected chi connectivity index (χ0v) is 18.9. The number of anilines is 1. The molecule has 1 unspecified atom stereocenters. The van der Waals surface area contributed by atoms with Gasteiger partial charge >= 0.3 is 5.69 Å². The molecule has 2 N–H and O–H groups in total. The summed E-state index contributed by atoms with van der Waals surface area (Å²) in [6, 6.07) is 6.85. The van der Waals surface area contributed by atoms with Crippen molar-refractivity contribution in [2.24, 2.45) is 5.73 Å². The number of benzene rings is 1. The average molecular weight is 453 g/mol. The van der Waals surface area contributed by atoms with Crippen molar-refractivity contribution in [1.82, 2.24) is 19.1 Å². The number of piperidine rings is 1. The molecule has 166 valence electrons. The Hall–Kier alpha value is -3.15. The molecule has 3 aromatic rings. The van der Waals surface area contributed by atoms with E-state index in [1.807, 2.05) is 11.8 Å². The standard InChI is InChI=1S/C23H25ClN6O2/c1-3-4-10-29-21(28-9-5-6-17(25)13-28)12-22(31)30(23(29)32)14-20-26-15(2)18-11-16(24)7-8-19(18)27-20/h7-8,11-12,17H,5-6,9-10,13-14,25H2,1-2H3. The minimum absolute atomic E-state index is 0.00877. The van der Waals surface area contributed by atoms with Gasteiger partial charge in [0.15, 0.2) is 0 Å². The molecule has 1 atom stereocenters. The van der Waals surface area contributed by atoms with Gasteiger partial charge in [-0.2, -0.15) is 0 Å². The van der Waals surface area contributed by atoms with Crippen molar-refractivity contribution in [3.05, 3.63) is 61.6 Å². The summed E-state index contributed by atoms with van der Waals surface area (Å²) >= 11 is 6.08. The number of hydrogen-bond acceptors (Lipinski definition) is 6. The highest BCUT2D eigenvalue weighted by atomic mass is 35.5. The molecule has 32 heavy (non-hydrogen) atoms. The predicted molar refractivity (Wildman–Crippen MR) is 126 cm³/mol. The molecule has 1 aliphatic heterocycles. The Morgan fingerprint density at radius 3 is 2.78 bits per heavy atom. The molecule has 1 aliphatic rings. The lowest BCUT2D eigenvalue weighted by molar-refractivity contribution is 0.491. The maximum absolute atomic E-state index is 13.4. The van der Waals surface area contributed by atoms with Gasteiger partial charge in [0.05, 0.1) is 18.6 Å². The van der Waals surface area contributed by atoms with Crippen LogP contribution in [0.4, 0.5) is 5.82 Å². The lowest BCUT2D eigenvalue weighted by atomic mass is 10.1. The van der Waals surface area contributed by atoms with Crippen LogP contribution >= 0.6 is 11.6 Å². The van der Waals surface area contributed by atoms with E-state index in [1.54, 1.807) is 25.1 Å². The number of hydrogen-bond donors (Lipinski definition) is 1. The Bertz CT molecular complexity index is 1350. The van der Waals surface area contributed by atoms with Crippen LogP contribution in [0, 0.1) is 18.8 Å². The molecule has 0 spiro atoms. The molecule has 0 bridgehead atoms. The third kappa shape index (κ3) is 4.40. The van der Waals surface area contributed by atoms with E-state index < -0.39 is 11.2 Å². The molecule has 1 fully saturated rings. The summed E-state index contributed by atoms with van der Waals surface area (Å²) in [5, 5.41) is 1.43. The van der Waals surface area contributed by atoms with E-state index in [0.29, 0.717) is 28.7 Å². The van der Waals surface area contributed by atoms with Crippen LogP contribution in [0.15, 0.2) is 33.9 Å². The van der Waals surface area contributed by atoms with Crippen LogP contribution in [0.5, 0.6) is 0 Å². The Morgan fingerprint density at radius 1 is 1.22 bits per heavy atom. The lowest BCUT2D eigenvalue weighted by Crippen LogP contribution is -2.48. The quantitative estimate of drug-likeness (QED) is 0.607. The Balaban J connectivity index is 1.78. The van der Waals surface area contributed by atoms with E-state index in [2.05, 4.69) is 21.8 Å². The van der Waals surface area contributed by atoms with Gasteiger partial charge in [0, 0.05) is 41.3 Å². The van der Waals surface area contributed by atoms with Crippen LogP contribution in [0.25, 0.3) is 10.9 Å². The van der Waals surface area contributed by atoms with Gasteiger partial charge in [-0.05, 0) is 44.9 Å². The molecular weight excluding hydrogens is 428 g/mol. The largest absolute Gasteiger partial charge is 0.356 e. The Morgan fingerprint density at radius 2 is 2.03 bits per heavy atom. The van der Waals surface area contributed by atoms with E-state index in [1.165, 1.54) is 10.6 Å². The van der Waals surface area contributed by atoms with Gasteiger partial charge in [0.2, 0.25) is 0 Å². The van der Waals surface area contributed by atoms with Crippen molar-refractivity contribution >= 4 is 28.3 Å². The highest BCUT2D eigenvalue weighted by molar-refractivity contribution is 6.31. The second kappa shape index (κ2) is 9.15. The molecular formula is C23H25ClN6O2. The highest BCUT2D eigenvalue weighted by Crippen LogP contribution is 2.20.